The first-order valence-corrected chi connectivity index (χ1v) is 6.55. The Balaban J connectivity index is 2.33. The lowest BCUT2D eigenvalue weighted by Crippen LogP contribution is -2.34. The van der Waals surface area contributed by atoms with Crippen molar-refractivity contribution in [2.45, 2.75) is 12.2 Å². The molecule has 0 aromatic heterocycles. The van der Waals surface area contributed by atoms with Crippen molar-refractivity contribution in [3.05, 3.63) is 71.3 Å². The van der Waals surface area contributed by atoms with Crippen molar-refractivity contribution in [2.75, 3.05) is 0 Å². The van der Waals surface area contributed by atoms with Gasteiger partial charge in [0.2, 0.25) is 0 Å². The highest BCUT2D eigenvalue weighted by Crippen LogP contribution is 2.32. The van der Waals surface area contributed by atoms with E-state index in [-0.39, 0.29) is 5.56 Å². The van der Waals surface area contributed by atoms with E-state index in [1.807, 2.05) is 0 Å². The second kappa shape index (κ2) is 6.51. The van der Waals surface area contributed by atoms with E-state index >= 15 is 0 Å². The van der Waals surface area contributed by atoms with Gasteiger partial charge in [0, 0.05) is 0 Å². The van der Waals surface area contributed by atoms with Crippen LogP contribution in [0.5, 0.6) is 0 Å². The summed E-state index contributed by atoms with van der Waals surface area (Å²) >= 11 is 0. The Kier molecular flexibility index (Phi) is 4.68. The highest BCUT2D eigenvalue weighted by molar-refractivity contribution is 5.98. The van der Waals surface area contributed by atoms with Gasteiger partial charge in [0.1, 0.15) is 0 Å². The van der Waals surface area contributed by atoms with Crippen LogP contribution >= 0.6 is 0 Å². The predicted molar refractivity (Wildman–Crippen MR) is 75.7 cm³/mol. The molecule has 2 N–H and O–H groups in total. The Morgan fingerprint density at radius 2 is 1.52 bits per heavy atom. The molecule has 2 aromatic carbocycles. The van der Waals surface area contributed by atoms with Gasteiger partial charge in [-0.05, 0) is 17.7 Å². The van der Waals surface area contributed by atoms with Gasteiger partial charge in [0.15, 0.2) is 6.04 Å². The van der Waals surface area contributed by atoms with Crippen LogP contribution in [0.2, 0.25) is 0 Å². The maximum absolute atomic E-state index is 12.9. The molecule has 0 aliphatic rings. The van der Waals surface area contributed by atoms with Gasteiger partial charge in [-0.25, -0.2) is 4.79 Å². The molecule has 1 atom stereocenters. The molecule has 7 heteroatoms. The number of hydrogen-bond acceptors (Lipinski definition) is 2. The zero-order valence-electron chi connectivity index (χ0n) is 11.7. The summed E-state index contributed by atoms with van der Waals surface area (Å²) < 4.78 is 38.8. The summed E-state index contributed by atoms with van der Waals surface area (Å²) in [5.74, 6) is -2.47. The van der Waals surface area contributed by atoms with Crippen LogP contribution in [0.4, 0.5) is 13.2 Å². The van der Waals surface area contributed by atoms with Crippen LogP contribution in [0.25, 0.3) is 0 Å². The number of nitrogens with one attached hydrogen (secondary N) is 1. The van der Waals surface area contributed by atoms with E-state index in [1.165, 1.54) is 18.2 Å². The van der Waals surface area contributed by atoms with Gasteiger partial charge in [-0.1, -0.05) is 42.5 Å². The zero-order chi connectivity index (χ0) is 17.0. The number of carbonyl (C=O) groups is 2. The summed E-state index contributed by atoms with van der Waals surface area (Å²) in [6.07, 6.45) is -4.71. The minimum atomic E-state index is -4.71. The molecule has 23 heavy (non-hydrogen) atoms. The summed E-state index contributed by atoms with van der Waals surface area (Å²) in [5, 5.41) is 11.3. The Morgan fingerprint density at radius 1 is 0.957 bits per heavy atom. The molecule has 0 bridgehead atoms. The number of carbonyl (C=O) groups excluding carboxylic acids is 1. The van der Waals surface area contributed by atoms with Gasteiger partial charge in [-0.3, -0.25) is 4.79 Å². The quantitative estimate of drug-likeness (QED) is 0.907. The second-order valence-electron chi connectivity index (χ2n) is 4.70. The van der Waals surface area contributed by atoms with Crippen molar-refractivity contribution in [3.8, 4) is 0 Å². The van der Waals surface area contributed by atoms with Gasteiger partial charge in [-0.15, -0.1) is 0 Å². The molecule has 1 amide bonds. The first-order chi connectivity index (χ1) is 10.8. The van der Waals surface area contributed by atoms with Gasteiger partial charge >= 0.3 is 12.1 Å². The Bertz CT molecular complexity index is 714. The largest absolute Gasteiger partial charge is 0.479 e. The smallest absolute Gasteiger partial charge is 0.417 e. The fourth-order valence-corrected chi connectivity index (χ4v) is 2.07. The minimum Gasteiger partial charge on any atom is -0.479 e. The fraction of sp³-hybridized carbons (Fsp3) is 0.125. The molecule has 0 aliphatic carbocycles. The van der Waals surface area contributed by atoms with E-state index in [1.54, 1.807) is 18.2 Å². The molecule has 2 rings (SSSR count). The Morgan fingerprint density at radius 3 is 2.09 bits per heavy atom. The summed E-state index contributed by atoms with van der Waals surface area (Å²) in [6, 6.07) is 10.5. The maximum atomic E-state index is 12.9. The van der Waals surface area contributed by atoms with E-state index in [0.717, 1.165) is 18.2 Å². The maximum Gasteiger partial charge on any atom is 0.417 e. The highest BCUT2D eigenvalue weighted by atomic mass is 19.4. The molecular formula is C16H12F3NO3. The van der Waals surface area contributed by atoms with E-state index in [2.05, 4.69) is 5.32 Å². The third-order valence-corrected chi connectivity index (χ3v) is 3.13. The molecular weight excluding hydrogens is 311 g/mol. The summed E-state index contributed by atoms with van der Waals surface area (Å²) in [6.45, 7) is 0. The van der Waals surface area contributed by atoms with Crippen molar-refractivity contribution >= 4 is 11.9 Å². The van der Waals surface area contributed by atoms with E-state index < -0.39 is 35.2 Å². The van der Waals surface area contributed by atoms with Crippen molar-refractivity contribution in [3.63, 3.8) is 0 Å². The lowest BCUT2D eigenvalue weighted by molar-refractivity contribution is -0.139. The molecule has 0 aliphatic heterocycles. The highest BCUT2D eigenvalue weighted by Gasteiger charge is 2.35. The topological polar surface area (TPSA) is 66.4 Å². The summed E-state index contributed by atoms with van der Waals surface area (Å²) in [4.78, 5) is 23.4. The average Bonchev–Trinajstić information content (AvgIpc) is 2.52. The van der Waals surface area contributed by atoms with Crippen LogP contribution in [-0.2, 0) is 11.0 Å². The lowest BCUT2D eigenvalue weighted by atomic mass is 10.0. The van der Waals surface area contributed by atoms with E-state index in [4.69, 9.17) is 0 Å². The number of carboxylic acids is 1. The predicted octanol–water partition coefficient (Wildman–Crippen LogP) is 3.26. The van der Waals surface area contributed by atoms with Crippen molar-refractivity contribution in [2.24, 2.45) is 0 Å². The van der Waals surface area contributed by atoms with Gasteiger partial charge in [0.05, 0.1) is 11.1 Å². The van der Waals surface area contributed by atoms with Crippen LogP contribution < -0.4 is 5.32 Å². The molecule has 0 spiro atoms. The van der Waals surface area contributed by atoms with Crippen molar-refractivity contribution in [1.29, 1.82) is 0 Å². The van der Waals surface area contributed by atoms with Crippen molar-refractivity contribution in [1.82, 2.24) is 5.32 Å². The number of amides is 1. The van der Waals surface area contributed by atoms with Gasteiger partial charge in [-0.2, -0.15) is 13.2 Å². The second-order valence-corrected chi connectivity index (χ2v) is 4.70. The first-order valence-electron chi connectivity index (χ1n) is 6.55. The third kappa shape index (κ3) is 3.88. The monoisotopic (exact) mass is 323 g/mol. The van der Waals surface area contributed by atoms with Crippen LogP contribution in [-0.4, -0.2) is 17.0 Å². The minimum absolute atomic E-state index is 0.262. The number of halogens is 3. The molecule has 0 unspecified atom stereocenters. The molecule has 0 fully saturated rings. The fourth-order valence-electron chi connectivity index (χ4n) is 2.07. The number of hydrogen-bond donors (Lipinski definition) is 2. The van der Waals surface area contributed by atoms with Crippen molar-refractivity contribution < 1.29 is 27.9 Å². The van der Waals surface area contributed by atoms with E-state index in [9.17, 15) is 27.9 Å². The molecule has 0 heterocycles. The molecule has 0 radical (unpaired) electrons. The normalized spacial score (nSPS) is 12.5. The van der Waals surface area contributed by atoms with Gasteiger partial charge < -0.3 is 10.4 Å². The van der Waals surface area contributed by atoms with Crippen LogP contribution in [0.3, 0.4) is 0 Å². The molecule has 4 nitrogen and oxygen atoms in total. The van der Waals surface area contributed by atoms with Gasteiger partial charge in [0.25, 0.3) is 5.91 Å². The van der Waals surface area contributed by atoms with E-state index in [0.29, 0.717) is 0 Å². The number of benzene rings is 2. The number of aliphatic carboxylic acids is 1. The molecule has 120 valence electrons. The number of rotatable bonds is 4. The van der Waals surface area contributed by atoms with Crippen LogP contribution in [0.1, 0.15) is 27.5 Å². The summed E-state index contributed by atoms with van der Waals surface area (Å²) in [7, 11) is 0. The Hall–Kier alpha value is -2.83. The molecule has 0 saturated carbocycles. The first kappa shape index (κ1) is 16.5. The Labute approximate surface area is 129 Å². The molecule has 2 aromatic rings. The average molecular weight is 323 g/mol. The third-order valence-electron chi connectivity index (χ3n) is 3.13. The molecule has 0 saturated heterocycles. The SMILES string of the molecule is O=C(N[C@H](C(=O)O)c1ccccc1)c1ccccc1C(F)(F)F. The summed E-state index contributed by atoms with van der Waals surface area (Å²) in [5.41, 5.74) is -1.48. The lowest BCUT2D eigenvalue weighted by Gasteiger charge is -2.17. The number of alkyl halides is 3. The standard InChI is InChI=1S/C16H12F3NO3/c17-16(18,19)12-9-5-4-8-11(12)14(21)20-13(15(22)23)10-6-2-1-3-7-10/h1-9,13H,(H,20,21)(H,22,23)/t13-/m0/s1. The zero-order valence-corrected chi connectivity index (χ0v) is 11.7. The van der Waals surface area contributed by atoms with Crippen LogP contribution in [0, 0.1) is 0 Å². The number of carboxylic acid groups (broad SMARTS) is 1. The van der Waals surface area contributed by atoms with Crippen LogP contribution in [0.15, 0.2) is 54.6 Å².